The second kappa shape index (κ2) is 10.7. The van der Waals surface area contributed by atoms with Crippen molar-refractivity contribution in [1.82, 2.24) is 39.0 Å². The molecule has 3 unspecified atom stereocenters. The van der Waals surface area contributed by atoms with Crippen molar-refractivity contribution in [2.45, 2.75) is 56.5 Å². The Labute approximate surface area is 246 Å². The highest BCUT2D eigenvalue weighted by Crippen LogP contribution is 2.55. The van der Waals surface area contributed by atoms with Gasteiger partial charge in [0.1, 0.15) is 48.3 Å². The summed E-state index contributed by atoms with van der Waals surface area (Å²) in [6.07, 6.45) is -2.05. The molecule has 0 spiro atoms. The summed E-state index contributed by atoms with van der Waals surface area (Å²) >= 11 is 0. The number of aryl methyl sites for hydroxylation is 1. The second-order valence-electron chi connectivity index (χ2n) is 10.7. The molecule has 0 aromatic carbocycles. The predicted octanol–water partition coefficient (Wildman–Crippen LogP) is 0.0775. The van der Waals surface area contributed by atoms with E-state index in [1.807, 2.05) is 0 Å². The first kappa shape index (κ1) is 29.5. The molecule has 0 bridgehead atoms. The first-order valence-corrected chi connectivity index (χ1v) is 16.4. The Balaban J connectivity index is 1.15. The van der Waals surface area contributed by atoms with Crippen molar-refractivity contribution in [2.75, 3.05) is 18.9 Å². The summed E-state index contributed by atoms with van der Waals surface area (Å²) in [7, 11) is -9.61. The van der Waals surface area contributed by atoms with Crippen molar-refractivity contribution in [3.8, 4) is 0 Å². The number of aromatic nitrogens is 8. The number of fused-ring (bicyclic) bond motifs is 4. The van der Waals surface area contributed by atoms with Crippen molar-refractivity contribution in [3.63, 3.8) is 0 Å². The highest BCUT2D eigenvalue weighted by molar-refractivity contribution is 7.47. The van der Waals surface area contributed by atoms with Crippen molar-refractivity contribution in [1.29, 1.82) is 0 Å². The highest BCUT2D eigenvalue weighted by atomic mass is 31.2. The number of aliphatic hydroxyl groups excluding tert-OH is 1. The molecule has 4 aromatic rings. The van der Waals surface area contributed by atoms with Gasteiger partial charge in [0.25, 0.3) is 5.56 Å². The van der Waals surface area contributed by atoms with Gasteiger partial charge >= 0.3 is 15.6 Å². The number of aliphatic hydroxyl groups is 1. The maximum Gasteiger partial charge on any atom is 0.472 e. The molecule has 1 aliphatic carbocycles. The van der Waals surface area contributed by atoms with Crippen molar-refractivity contribution in [2.24, 2.45) is 5.92 Å². The fraction of sp³-hybridized carbons (Fsp3) is 0.545. The van der Waals surface area contributed by atoms with Gasteiger partial charge in [-0.25, -0.2) is 34.0 Å². The fourth-order valence-corrected chi connectivity index (χ4v) is 7.91. The molecule has 6 N–H and O–H groups in total. The fourth-order valence-electron chi connectivity index (χ4n) is 5.91. The zero-order chi connectivity index (χ0) is 31.0. The van der Waals surface area contributed by atoms with Gasteiger partial charge in [-0.3, -0.25) is 27.5 Å². The molecule has 1 saturated carbocycles. The lowest BCUT2D eigenvalue weighted by Crippen LogP contribution is -2.34. The van der Waals surface area contributed by atoms with Crippen LogP contribution in [-0.4, -0.2) is 91.6 Å². The van der Waals surface area contributed by atoms with E-state index in [1.54, 1.807) is 6.92 Å². The molecule has 6 heterocycles. The van der Waals surface area contributed by atoms with Crippen LogP contribution < -0.4 is 11.3 Å². The van der Waals surface area contributed by atoms with Gasteiger partial charge in [-0.2, -0.15) is 0 Å². The summed E-state index contributed by atoms with van der Waals surface area (Å²) in [5, 5.41) is 11.2. The number of H-pyrrole nitrogens is 1. The third kappa shape index (κ3) is 5.26. The van der Waals surface area contributed by atoms with Crippen LogP contribution in [0, 0.1) is 12.8 Å². The van der Waals surface area contributed by atoms with Crippen molar-refractivity contribution in [3.05, 3.63) is 35.2 Å². The number of anilines is 1. The van der Waals surface area contributed by atoms with Crippen LogP contribution in [0.5, 0.6) is 0 Å². The van der Waals surface area contributed by atoms with Gasteiger partial charge in [0.2, 0.25) is 0 Å². The van der Waals surface area contributed by atoms with E-state index >= 15 is 0 Å². The molecule has 0 amide bonds. The summed E-state index contributed by atoms with van der Waals surface area (Å²) in [5.41, 5.74) is 6.26. The molecule has 3 fully saturated rings. The third-order valence-corrected chi connectivity index (χ3v) is 9.90. The predicted molar refractivity (Wildman–Crippen MR) is 146 cm³/mol. The van der Waals surface area contributed by atoms with Crippen LogP contribution in [0.4, 0.5) is 5.82 Å². The molecule has 2 saturated heterocycles. The molecule has 22 heteroatoms. The standard InChI is InChI=1S/C22H27N9O11P2/c1-9-28-21-16(22(33)29-9)27-8-31(21)14-3-12-13(40-14)5-39-44(36,37)42-18-10(4-38-43(34,35)41-12)2-11(17(18)32)30-7-26-15-19(23)24-6-25-20(15)30/h6-8,10-14,17-18,32H,2-5H2,1H3,(H,34,35)(H,36,37)(H2,23,24,25)(H,28,29,33)/t10-,11-,12-,13-,14-,17?,18+/m1/s1. The number of nitrogen functional groups attached to an aromatic ring is 1. The van der Waals surface area contributed by atoms with Gasteiger partial charge in [-0.15, -0.1) is 0 Å². The second-order valence-corrected chi connectivity index (χ2v) is 13.5. The normalized spacial score (nSPS) is 36.6. The van der Waals surface area contributed by atoms with E-state index in [0.29, 0.717) is 17.0 Å². The molecule has 3 aliphatic rings. The maximum absolute atomic E-state index is 13.1. The molecule has 4 aromatic heterocycles. The number of phosphoric acid groups is 2. The van der Waals surface area contributed by atoms with Crippen LogP contribution >= 0.6 is 15.6 Å². The Hall–Kier alpha value is -3.16. The van der Waals surface area contributed by atoms with E-state index in [2.05, 4.69) is 29.9 Å². The van der Waals surface area contributed by atoms with E-state index in [0.717, 1.165) is 0 Å². The number of hydrogen-bond donors (Lipinski definition) is 5. The summed E-state index contributed by atoms with van der Waals surface area (Å²) in [6, 6.07) is -0.796. The van der Waals surface area contributed by atoms with Crippen LogP contribution in [0.15, 0.2) is 23.8 Å². The number of imidazole rings is 2. The highest BCUT2D eigenvalue weighted by Gasteiger charge is 2.51. The SMILES string of the molecule is Cc1nc2c(ncn2[C@H]2C[C@H]3OP(=O)(O)OC[C@H]4C[C@@H](n5cnc6c(N)ncnc65)C(O)[C@H]4OP(=O)(O)OC[C@H]3O2)c(=O)[nH]1. The van der Waals surface area contributed by atoms with Crippen LogP contribution in [0.3, 0.4) is 0 Å². The topological polar surface area (TPSA) is 274 Å². The first-order chi connectivity index (χ1) is 20.9. The monoisotopic (exact) mass is 655 g/mol. The number of nitrogens with one attached hydrogen (secondary N) is 1. The zero-order valence-electron chi connectivity index (χ0n) is 22.8. The molecule has 236 valence electrons. The molecule has 9 atom stereocenters. The number of nitrogens with two attached hydrogens (primary N) is 1. The molecule has 7 rings (SSSR count). The molecular formula is C22H27N9O11P2. The van der Waals surface area contributed by atoms with E-state index in [4.69, 9.17) is 28.6 Å². The van der Waals surface area contributed by atoms with Gasteiger partial charge in [-0.05, 0) is 13.3 Å². The number of aromatic amines is 1. The zero-order valence-corrected chi connectivity index (χ0v) is 24.6. The summed E-state index contributed by atoms with van der Waals surface area (Å²) in [6.45, 7) is 0.496. The molecule has 2 aliphatic heterocycles. The minimum Gasteiger partial charge on any atom is -0.388 e. The van der Waals surface area contributed by atoms with Crippen LogP contribution in [-0.2, 0) is 32.0 Å². The van der Waals surface area contributed by atoms with Gasteiger partial charge in [0.15, 0.2) is 22.6 Å². The maximum atomic E-state index is 13.1. The van der Waals surface area contributed by atoms with Crippen LogP contribution in [0.1, 0.15) is 30.9 Å². The number of nitrogens with zero attached hydrogens (tertiary/aromatic N) is 7. The average Bonchev–Trinajstić information content (AvgIpc) is 3.72. The molecule has 20 nitrogen and oxygen atoms in total. The van der Waals surface area contributed by atoms with E-state index in [1.165, 1.54) is 28.1 Å². The van der Waals surface area contributed by atoms with E-state index in [-0.39, 0.29) is 29.8 Å². The number of ether oxygens (including phenoxy) is 1. The Morgan fingerprint density at radius 3 is 2.50 bits per heavy atom. The smallest absolute Gasteiger partial charge is 0.388 e. The Morgan fingerprint density at radius 1 is 0.955 bits per heavy atom. The van der Waals surface area contributed by atoms with Crippen molar-refractivity contribution < 1.29 is 46.9 Å². The van der Waals surface area contributed by atoms with E-state index in [9.17, 15) is 28.8 Å². The summed E-state index contributed by atoms with van der Waals surface area (Å²) in [4.78, 5) is 56.8. The lowest BCUT2D eigenvalue weighted by atomic mass is 10.1. The molecule has 44 heavy (non-hydrogen) atoms. The first-order valence-electron chi connectivity index (χ1n) is 13.4. The van der Waals surface area contributed by atoms with Gasteiger partial charge in [-0.1, -0.05) is 0 Å². The van der Waals surface area contributed by atoms with Gasteiger partial charge in [0.05, 0.1) is 31.9 Å². The quantitative estimate of drug-likeness (QED) is 0.179. The minimum absolute atomic E-state index is 0.0506. The molecule has 0 radical (unpaired) electrons. The van der Waals surface area contributed by atoms with E-state index < -0.39 is 77.0 Å². The minimum atomic E-state index is -4.85. The summed E-state index contributed by atoms with van der Waals surface area (Å²) < 4.78 is 56.7. The third-order valence-electron chi connectivity index (χ3n) is 7.90. The summed E-state index contributed by atoms with van der Waals surface area (Å²) in [5.74, 6) is -0.420. The van der Waals surface area contributed by atoms with Gasteiger partial charge < -0.3 is 34.9 Å². The number of hydrogen-bond acceptors (Lipinski definition) is 15. The number of phosphoric ester groups is 2. The van der Waals surface area contributed by atoms with Crippen LogP contribution in [0.2, 0.25) is 0 Å². The lowest BCUT2D eigenvalue weighted by Gasteiger charge is -2.28. The largest absolute Gasteiger partial charge is 0.472 e. The number of rotatable bonds is 2. The lowest BCUT2D eigenvalue weighted by molar-refractivity contribution is -0.0585. The average molecular weight is 655 g/mol. The Morgan fingerprint density at radius 2 is 1.68 bits per heavy atom. The Bertz CT molecular complexity index is 1900. The van der Waals surface area contributed by atoms with Crippen LogP contribution in [0.25, 0.3) is 22.3 Å². The van der Waals surface area contributed by atoms with Gasteiger partial charge in [0, 0.05) is 12.3 Å². The Kier molecular flexibility index (Phi) is 7.21. The molecular weight excluding hydrogens is 628 g/mol. The van der Waals surface area contributed by atoms with Crippen molar-refractivity contribution >= 4 is 43.8 Å².